The van der Waals surface area contributed by atoms with Gasteiger partial charge in [-0.25, -0.2) is 4.79 Å². The zero-order valence-electron chi connectivity index (χ0n) is 37.4. The summed E-state index contributed by atoms with van der Waals surface area (Å²) in [6.45, 7) is 12.5. The number of anilines is 1. The van der Waals surface area contributed by atoms with Gasteiger partial charge in [0.25, 0.3) is 0 Å². The molecule has 5 aromatic carbocycles. The molecule has 1 aliphatic rings. The largest absolute Gasteiger partial charge is 0.497 e. The highest BCUT2D eigenvalue weighted by Crippen LogP contribution is 2.52. The highest BCUT2D eigenvalue weighted by atomic mass is 31.2. The van der Waals surface area contributed by atoms with E-state index < -0.39 is 38.0 Å². The third-order valence-electron chi connectivity index (χ3n) is 11.5. The summed E-state index contributed by atoms with van der Waals surface area (Å²) in [7, 11) is 2.03. The highest BCUT2D eigenvalue weighted by molar-refractivity contribution is 7.49. The Balaban J connectivity index is 1.31. The van der Waals surface area contributed by atoms with Crippen LogP contribution in [-0.2, 0) is 30.6 Å². The first-order valence-corrected chi connectivity index (χ1v) is 23.0. The van der Waals surface area contributed by atoms with Crippen molar-refractivity contribution < 1.29 is 28.3 Å². The number of hydrogen-bond donors (Lipinski definition) is 1. The number of aromatic nitrogens is 2. The SMILES string of the molecule is COc1ccc(C(OC[C@H]2O[C@@H](n3ccc(NC(=O)C(C)C)nc3=O)C[C@@H]2OP(Cc2cccc3ccccc23)N(C(C)C)C(C)C)(c2ccccc2)c2ccc(OC)cc2)cc1. The van der Waals surface area contributed by atoms with Gasteiger partial charge in [-0.3, -0.25) is 14.0 Å². The first-order chi connectivity index (χ1) is 30.4. The van der Waals surface area contributed by atoms with Gasteiger partial charge in [0.1, 0.15) is 43.5 Å². The second-order valence-electron chi connectivity index (χ2n) is 16.7. The minimum Gasteiger partial charge on any atom is -0.497 e. The number of methoxy groups -OCH3 is 2. The van der Waals surface area contributed by atoms with Crippen LogP contribution < -0.4 is 20.5 Å². The van der Waals surface area contributed by atoms with Crippen molar-refractivity contribution in [3.8, 4) is 11.5 Å². The van der Waals surface area contributed by atoms with E-state index in [0.29, 0.717) is 12.6 Å². The van der Waals surface area contributed by atoms with E-state index in [1.54, 1.807) is 40.3 Å². The fourth-order valence-electron chi connectivity index (χ4n) is 8.40. The van der Waals surface area contributed by atoms with E-state index in [-0.39, 0.29) is 36.3 Å². The lowest BCUT2D eigenvalue weighted by Gasteiger charge is -2.40. The summed E-state index contributed by atoms with van der Waals surface area (Å²) in [5.41, 5.74) is 2.23. The second-order valence-corrected chi connectivity index (χ2v) is 18.4. The molecule has 12 heteroatoms. The lowest BCUT2D eigenvalue weighted by Crippen LogP contribution is -2.39. The van der Waals surface area contributed by atoms with Crippen molar-refractivity contribution in [2.75, 3.05) is 26.1 Å². The number of hydrogen-bond acceptors (Lipinski definition) is 9. The summed E-state index contributed by atoms with van der Waals surface area (Å²) in [4.78, 5) is 30.5. The number of fused-ring (bicyclic) bond motifs is 1. The molecule has 0 radical (unpaired) electrons. The number of amides is 1. The Bertz CT molecular complexity index is 2430. The third kappa shape index (κ3) is 10.2. The molecule has 1 aliphatic heterocycles. The monoisotopic (exact) mass is 870 g/mol. The molecule has 0 bridgehead atoms. The average molecular weight is 871 g/mol. The van der Waals surface area contributed by atoms with Crippen molar-refractivity contribution in [1.82, 2.24) is 14.2 Å². The van der Waals surface area contributed by atoms with E-state index in [1.165, 1.54) is 20.9 Å². The Morgan fingerprint density at radius 2 is 1.38 bits per heavy atom. The topological polar surface area (TPSA) is 113 Å². The summed E-state index contributed by atoms with van der Waals surface area (Å²) in [6.07, 6.45) is 0.817. The molecule has 63 heavy (non-hydrogen) atoms. The predicted octanol–water partition coefficient (Wildman–Crippen LogP) is 10.3. The summed E-state index contributed by atoms with van der Waals surface area (Å²) < 4.78 is 36.9. The van der Waals surface area contributed by atoms with Gasteiger partial charge in [0.2, 0.25) is 5.91 Å². The Labute approximate surface area is 372 Å². The lowest BCUT2D eigenvalue weighted by molar-refractivity contribution is -0.118. The molecular weight excluding hydrogens is 812 g/mol. The molecule has 1 fully saturated rings. The van der Waals surface area contributed by atoms with Gasteiger partial charge in [-0.2, -0.15) is 4.98 Å². The van der Waals surface area contributed by atoms with Crippen molar-refractivity contribution in [1.29, 1.82) is 0 Å². The van der Waals surface area contributed by atoms with Crippen LogP contribution in [0.15, 0.2) is 138 Å². The third-order valence-corrected chi connectivity index (χ3v) is 14.1. The first kappa shape index (κ1) is 45.6. The number of nitrogens with one attached hydrogen (secondary N) is 1. The maximum atomic E-state index is 13.8. The van der Waals surface area contributed by atoms with Gasteiger partial charge in [0.15, 0.2) is 0 Å². The van der Waals surface area contributed by atoms with E-state index in [0.717, 1.165) is 28.2 Å². The molecule has 11 nitrogen and oxygen atoms in total. The molecular formula is C51H59N4O7P. The minimum absolute atomic E-state index is 0.0969. The van der Waals surface area contributed by atoms with Crippen LogP contribution in [0.4, 0.5) is 5.82 Å². The summed E-state index contributed by atoms with van der Waals surface area (Å²) >= 11 is 0. The summed E-state index contributed by atoms with van der Waals surface area (Å²) in [6, 6.07) is 42.9. The predicted molar refractivity (Wildman–Crippen MR) is 250 cm³/mol. The quantitative estimate of drug-likeness (QED) is 0.0666. The van der Waals surface area contributed by atoms with E-state index in [9.17, 15) is 9.59 Å². The van der Waals surface area contributed by atoms with Crippen molar-refractivity contribution in [2.45, 2.75) is 90.2 Å². The molecule has 4 atom stereocenters. The second kappa shape index (κ2) is 20.4. The van der Waals surface area contributed by atoms with Crippen LogP contribution in [0, 0.1) is 5.92 Å². The molecule has 6 aromatic rings. The lowest BCUT2D eigenvalue weighted by atomic mass is 9.80. The molecule has 0 aliphatic carbocycles. The zero-order chi connectivity index (χ0) is 44.7. The van der Waals surface area contributed by atoms with Crippen LogP contribution in [-0.4, -0.2) is 65.2 Å². The summed E-state index contributed by atoms with van der Waals surface area (Å²) in [5, 5.41) is 5.11. The van der Waals surface area contributed by atoms with E-state index in [1.807, 2.05) is 66.7 Å². The highest BCUT2D eigenvalue weighted by Gasteiger charge is 2.45. The molecule has 330 valence electrons. The van der Waals surface area contributed by atoms with Crippen LogP contribution in [0.2, 0.25) is 0 Å². The van der Waals surface area contributed by atoms with Gasteiger partial charge in [0.05, 0.1) is 26.9 Å². The van der Waals surface area contributed by atoms with Crippen LogP contribution in [0.5, 0.6) is 11.5 Å². The fraction of sp³-hybridized carbons (Fsp3) is 0.353. The maximum Gasteiger partial charge on any atom is 0.351 e. The minimum atomic E-state index is -1.27. The smallest absolute Gasteiger partial charge is 0.351 e. The van der Waals surface area contributed by atoms with Crippen LogP contribution in [0.1, 0.15) is 76.4 Å². The molecule has 2 heterocycles. The molecule has 1 aromatic heterocycles. The molecule has 1 saturated heterocycles. The number of rotatable bonds is 18. The van der Waals surface area contributed by atoms with Crippen molar-refractivity contribution >= 4 is 30.8 Å². The van der Waals surface area contributed by atoms with Crippen molar-refractivity contribution in [3.63, 3.8) is 0 Å². The molecule has 1 amide bonds. The molecule has 1 N–H and O–H groups in total. The normalized spacial score (nSPS) is 17.2. The number of benzene rings is 5. The zero-order valence-corrected chi connectivity index (χ0v) is 38.3. The number of carbonyl (C=O) groups excluding carboxylic acids is 1. The van der Waals surface area contributed by atoms with Gasteiger partial charge >= 0.3 is 5.69 Å². The molecule has 0 saturated carbocycles. The number of ether oxygens (including phenoxy) is 4. The van der Waals surface area contributed by atoms with Crippen LogP contribution in [0.25, 0.3) is 10.8 Å². The van der Waals surface area contributed by atoms with E-state index in [4.69, 9.17) is 23.5 Å². The standard InChI is InChI=1S/C51H59N4O7P/c1-34(2)49(56)52-47-29-30-54(50(57)53-47)48-31-45(62-63(55(35(3)4)36(5)6)33-38-17-14-16-37-15-12-13-20-44(37)38)46(61-48)32-60-51(39-18-10-9-11-19-39,40-21-25-42(58-7)26-22-40)41-23-27-43(59-8)28-24-41/h9-30,34-36,45-46,48H,31-33H2,1-8H3,(H,52,53,56,57)/t45-,46+,48+,63?/m0/s1. The van der Waals surface area contributed by atoms with Gasteiger partial charge in [-0.1, -0.05) is 111 Å². The Morgan fingerprint density at radius 1 is 0.794 bits per heavy atom. The Morgan fingerprint density at radius 3 is 1.97 bits per heavy atom. The van der Waals surface area contributed by atoms with Gasteiger partial charge in [-0.15, -0.1) is 0 Å². The fourth-order valence-corrected chi connectivity index (χ4v) is 10.9. The summed E-state index contributed by atoms with van der Waals surface area (Å²) in [5.74, 6) is 1.14. The van der Waals surface area contributed by atoms with E-state index >= 15 is 0 Å². The van der Waals surface area contributed by atoms with Crippen LogP contribution in [0.3, 0.4) is 0 Å². The van der Waals surface area contributed by atoms with Gasteiger partial charge in [-0.05, 0) is 91.1 Å². The van der Waals surface area contributed by atoms with E-state index in [2.05, 4.69) is 97.3 Å². The molecule has 1 unspecified atom stereocenters. The molecule has 7 rings (SSSR count). The van der Waals surface area contributed by atoms with Crippen molar-refractivity contribution in [2.24, 2.45) is 5.92 Å². The Kier molecular flexibility index (Phi) is 14.8. The average Bonchev–Trinajstić information content (AvgIpc) is 3.68. The van der Waals surface area contributed by atoms with Gasteiger partial charge < -0.3 is 28.8 Å². The van der Waals surface area contributed by atoms with Gasteiger partial charge in [0, 0.05) is 36.8 Å². The number of nitrogens with zero attached hydrogens (tertiary/aromatic N) is 3. The van der Waals surface area contributed by atoms with Crippen LogP contribution >= 0.6 is 8.30 Å². The molecule has 0 spiro atoms. The van der Waals surface area contributed by atoms with Crippen molar-refractivity contribution in [3.05, 3.63) is 166 Å². The maximum absolute atomic E-state index is 13.8. The first-order valence-electron chi connectivity index (χ1n) is 21.6. The Hall–Kier alpha value is -5.42. The number of carbonyl (C=O) groups is 1.